The molecule has 0 radical (unpaired) electrons. The third-order valence-corrected chi connectivity index (χ3v) is 0.368. The molecule has 0 aliphatic carbocycles. The first-order valence-corrected chi connectivity index (χ1v) is 3.25. The molecule has 4 nitrogen and oxygen atoms in total. The molecule has 0 saturated heterocycles. The molecule has 0 fully saturated rings. The van der Waals surface area contributed by atoms with Crippen molar-refractivity contribution in [1.82, 2.24) is 0 Å². The molecule has 0 atom stereocenters. The van der Waals surface area contributed by atoms with E-state index in [1.807, 2.05) is 0 Å². The molecular formula is C6H6Cl2O4. The van der Waals surface area contributed by atoms with E-state index < -0.39 is 11.9 Å². The fourth-order valence-electron chi connectivity index (χ4n) is 0.143. The van der Waals surface area contributed by atoms with Crippen LogP contribution in [0.4, 0.5) is 0 Å². The van der Waals surface area contributed by atoms with Crippen LogP contribution in [0.5, 0.6) is 0 Å². The van der Waals surface area contributed by atoms with Gasteiger partial charge < -0.3 is 10.2 Å². The van der Waals surface area contributed by atoms with E-state index in [-0.39, 0.29) is 4.49 Å². The highest BCUT2D eigenvalue weighted by molar-refractivity contribution is 6.55. The lowest BCUT2D eigenvalue weighted by molar-refractivity contribution is -0.134. The summed E-state index contributed by atoms with van der Waals surface area (Å²) in [6, 6.07) is 0. The maximum absolute atomic E-state index is 9.55. The monoisotopic (exact) mass is 212 g/mol. The second-order valence-corrected chi connectivity index (χ2v) is 2.45. The summed E-state index contributed by atoms with van der Waals surface area (Å²) in [4.78, 5) is 19.1. The SMILES string of the molecule is C=C(Cl)Cl.O=C(O)/C=C\C(=O)O. The van der Waals surface area contributed by atoms with Crippen LogP contribution in [0.15, 0.2) is 23.2 Å². The molecule has 0 spiro atoms. The van der Waals surface area contributed by atoms with Gasteiger partial charge in [-0.25, -0.2) is 9.59 Å². The van der Waals surface area contributed by atoms with Crippen molar-refractivity contribution in [3.8, 4) is 0 Å². The molecule has 0 amide bonds. The van der Waals surface area contributed by atoms with Gasteiger partial charge in [-0.3, -0.25) is 0 Å². The highest BCUT2D eigenvalue weighted by atomic mass is 35.5. The van der Waals surface area contributed by atoms with Crippen LogP contribution in [0.25, 0.3) is 0 Å². The summed E-state index contributed by atoms with van der Waals surface area (Å²) in [6.45, 7) is 3.09. The first kappa shape index (κ1) is 13.6. The van der Waals surface area contributed by atoms with Gasteiger partial charge in [0.25, 0.3) is 0 Å². The number of rotatable bonds is 2. The Balaban J connectivity index is 0. The van der Waals surface area contributed by atoms with E-state index >= 15 is 0 Å². The Morgan fingerprint density at radius 1 is 1.08 bits per heavy atom. The smallest absolute Gasteiger partial charge is 0.328 e. The number of hydrogen-bond donors (Lipinski definition) is 2. The number of aliphatic carboxylic acids is 2. The van der Waals surface area contributed by atoms with Crippen LogP contribution >= 0.6 is 23.2 Å². The minimum Gasteiger partial charge on any atom is -0.478 e. The highest BCUT2D eigenvalue weighted by Gasteiger charge is 1.88. The Morgan fingerprint density at radius 2 is 1.25 bits per heavy atom. The van der Waals surface area contributed by atoms with E-state index in [1.54, 1.807) is 0 Å². The van der Waals surface area contributed by atoms with E-state index in [9.17, 15) is 9.59 Å². The Kier molecular flexibility index (Phi) is 9.17. The zero-order valence-corrected chi connectivity index (χ0v) is 7.34. The minimum absolute atomic E-state index is 0.111. The average Bonchev–Trinajstić information content (AvgIpc) is 1.82. The molecule has 0 saturated carbocycles. The summed E-state index contributed by atoms with van der Waals surface area (Å²) in [7, 11) is 0. The Morgan fingerprint density at radius 3 is 1.33 bits per heavy atom. The van der Waals surface area contributed by atoms with Gasteiger partial charge in [0, 0.05) is 12.2 Å². The van der Waals surface area contributed by atoms with E-state index in [1.165, 1.54) is 0 Å². The first-order chi connectivity index (χ1) is 5.36. The van der Waals surface area contributed by atoms with Crippen molar-refractivity contribution < 1.29 is 19.8 Å². The van der Waals surface area contributed by atoms with Gasteiger partial charge in [0.2, 0.25) is 0 Å². The average molecular weight is 213 g/mol. The van der Waals surface area contributed by atoms with Crippen molar-refractivity contribution in [3.63, 3.8) is 0 Å². The zero-order valence-electron chi connectivity index (χ0n) is 5.83. The number of halogens is 2. The van der Waals surface area contributed by atoms with Gasteiger partial charge in [-0.05, 0) is 0 Å². The van der Waals surface area contributed by atoms with Crippen LogP contribution in [0, 0.1) is 0 Å². The molecule has 6 heteroatoms. The van der Waals surface area contributed by atoms with Gasteiger partial charge in [-0.1, -0.05) is 29.8 Å². The van der Waals surface area contributed by atoms with Crippen molar-refractivity contribution in [3.05, 3.63) is 23.2 Å². The first-order valence-electron chi connectivity index (χ1n) is 2.50. The van der Waals surface area contributed by atoms with Gasteiger partial charge in [-0.15, -0.1) is 0 Å². The largest absolute Gasteiger partial charge is 0.478 e. The summed E-state index contributed by atoms with van der Waals surface area (Å²) < 4.78 is 0.111. The second-order valence-electron chi connectivity index (χ2n) is 1.35. The maximum atomic E-state index is 9.55. The molecular weight excluding hydrogens is 207 g/mol. The molecule has 0 bridgehead atoms. The van der Waals surface area contributed by atoms with E-state index in [2.05, 4.69) is 6.58 Å². The molecule has 12 heavy (non-hydrogen) atoms. The topological polar surface area (TPSA) is 74.6 Å². The van der Waals surface area contributed by atoms with Crippen molar-refractivity contribution in [2.24, 2.45) is 0 Å². The highest BCUT2D eigenvalue weighted by Crippen LogP contribution is 1.98. The molecule has 0 aliphatic heterocycles. The molecule has 0 aromatic heterocycles. The predicted molar refractivity (Wildman–Crippen MR) is 45.3 cm³/mol. The van der Waals surface area contributed by atoms with Gasteiger partial charge in [0.05, 0.1) is 4.49 Å². The Bertz CT molecular complexity index is 190. The van der Waals surface area contributed by atoms with E-state index in [4.69, 9.17) is 33.4 Å². The van der Waals surface area contributed by atoms with Crippen molar-refractivity contribution in [1.29, 1.82) is 0 Å². The molecule has 2 N–H and O–H groups in total. The van der Waals surface area contributed by atoms with Gasteiger partial charge in [-0.2, -0.15) is 0 Å². The summed E-state index contributed by atoms with van der Waals surface area (Å²) >= 11 is 9.69. The molecule has 0 rings (SSSR count). The molecule has 0 unspecified atom stereocenters. The summed E-state index contributed by atoms with van der Waals surface area (Å²) in [5.74, 6) is -2.51. The summed E-state index contributed by atoms with van der Waals surface area (Å²) in [5.41, 5.74) is 0. The summed E-state index contributed by atoms with van der Waals surface area (Å²) in [5, 5.41) is 15.6. The van der Waals surface area contributed by atoms with Gasteiger partial charge in [0.15, 0.2) is 0 Å². The third kappa shape index (κ3) is 36.0. The molecule has 68 valence electrons. The van der Waals surface area contributed by atoms with Crippen LogP contribution in [0.3, 0.4) is 0 Å². The van der Waals surface area contributed by atoms with Crippen molar-refractivity contribution in [2.75, 3.05) is 0 Å². The molecule has 0 aliphatic rings. The maximum Gasteiger partial charge on any atom is 0.328 e. The van der Waals surface area contributed by atoms with Crippen LogP contribution in [0.2, 0.25) is 0 Å². The van der Waals surface area contributed by atoms with Crippen molar-refractivity contribution in [2.45, 2.75) is 0 Å². The number of carboxylic acid groups (broad SMARTS) is 2. The molecule has 0 aromatic carbocycles. The lowest BCUT2D eigenvalue weighted by atomic mass is 10.5. The zero-order chi connectivity index (χ0) is 10.1. The van der Waals surface area contributed by atoms with E-state index in [0.717, 1.165) is 0 Å². The van der Waals surface area contributed by atoms with Gasteiger partial charge in [0.1, 0.15) is 0 Å². The number of carbonyl (C=O) groups is 2. The van der Waals surface area contributed by atoms with Crippen LogP contribution < -0.4 is 0 Å². The molecule has 0 heterocycles. The third-order valence-electron chi connectivity index (χ3n) is 0.368. The Labute approximate surface area is 78.7 Å². The number of hydrogen-bond acceptors (Lipinski definition) is 2. The minimum atomic E-state index is -1.26. The predicted octanol–water partition coefficient (Wildman–Crippen LogP) is 1.65. The Hall–Kier alpha value is -1.00. The lowest BCUT2D eigenvalue weighted by Gasteiger charge is -1.74. The lowest BCUT2D eigenvalue weighted by Crippen LogP contribution is -1.91. The van der Waals surface area contributed by atoms with Crippen LogP contribution in [-0.2, 0) is 9.59 Å². The van der Waals surface area contributed by atoms with Crippen LogP contribution in [0.1, 0.15) is 0 Å². The van der Waals surface area contributed by atoms with Gasteiger partial charge >= 0.3 is 11.9 Å². The van der Waals surface area contributed by atoms with Crippen LogP contribution in [-0.4, -0.2) is 22.2 Å². The normalized spacial score (nSPS) is 8.50. The van der Waals surface area contributed by atoms with E-state index in [0.29, 0.717) is 12.2 Å². The summed E-state index contributed by atoms with van der Waals surface area (Å²) in [6.07, 6.45) is 1.12. The second kappa shape index (κ2) is 8.10. The molecule has 0 aromatic rings. The standard InChI is InChI=1S/C4H4O4.C2H2Cl2/c5-3(6)1-2-4(7)8;1-2(3)4/h1-2H,(H,5,6)(H,7,8);1H2/b2-1-;. The fraction of sp³-hybridized carbons (Fsp3) is 0. The number of carboxylic acids is 2. The fourth-order valence-corrected chi connectivity index (χ4v) is 0.143. The quantitative estimate of drug-likeness (QED) is 0.683. The van der Waals surface area contributed by atoms with Crippen molar-refractivity contribution >= 4 is 35.1 Å².